The van der Waals surface area contributed by atoms with Crippen molar-refractivity contribution in [2.75, 3.05) is 26.2 Å². The van der Waals surface area contributed by atoms with Crippen molar-refractivity contribution in [3.05, 3.63) is 29.5 Å². The van der Waals surface area contributed by atoms with Gasteiger partial charge in [0, 0.05) is 38.8 Å². The van der Waals surface area contributed by atoms with E-state index in [9.17, 15) is 5.11 Å². The molecule has 0 amide bonds. The highest BCUT2D eigenvalue weighted by molar-refractivity contribution is 7.13. The molecule has 2 aromatic heterocycles. The minimum atomic E-state index is -0.264. The van der Waals surface area contributed by atoms with E-state index in [1.54, 1.807) is 17.6 Å². The molecule has 0 unspecified atom stereocenters. The second kappa shape index (κ2) is 7.57. The summed E-state index contributed by atoms with van der Waals surface area (Å²) in [4.78, 5) is 10.5. The number of hydrogen-bond acceptors (Lipinski definition) is 6. The topological polar surface area (TPSA) is 52.7 Å². The van der Waals surface area contributed by atoms with Gasteiger partial charge in [-0.25, -0.2) is 4.98 Å². The molecular weight excluding hydrogens is 310 g/mol. The van der Waals surface area contributed by atoms with Crippen molar-refractivity contribution in [3.8, 4) is 10.8 Å². The van der Waals surface area contributed by atoms with Crippen molar-refractivity contribution in [1.82, 2.24) is 14.8 Å². The van der Waals surface area contributed by atoms with E-state index in [0.29, 0.717) is 6.04 Å². The number of hydrogen-bond donors (Lipinski definition) is 1. The van der Waals surface area contributed by atoms with Crippen LogP contribution < -0.4 is 0 Å². The van der Waals surface area contributed by atoms with Crippen LogP contribution in [0.2, 0.25) is 0 Å². The van der Waals surface area contributed by atoms with E-state index in [1.165, 1.54) is 0 Å². The Morgan fingerprint density at radius 2 is 2.35 bits per heavy atom. The quantitative estimate of drug-likeness (QED) is 0.879. The summed E-state index contributed by atoms with van der Waals surface area (Å²) < 4.78 is 5.61. The van der Waals surface area contributed by atoms with Crippen LogP contribution in [0.1, 0.15) is 26.0 Å². The molecule has 0 radical (unpaired) electrons. The fourth-order valence-corrected chi connectivity index (χ4v) is 3.85. The Morgan fingerprint density at radius 1 is 1.48 bits per heavy atom. The highest BCUT2D eigenvalue weighted by atomic mass is 32.1. The van der Waals surface area contributed by atoms with Crippen LogP contribution in [0.25, 0.3) is 10.8 Å². The lowest BCUT2D eigenvalue weighted by atomic mass is 10.1. The molecule has 1 aliphatic heterocycles. The lowest BCUT2D eigenvalue weighted by Gasteiger charge is -2.41. The van der Waals surface area contributed by atoms with E-state index in [-0.39, 0.29) is 6.10 Å². The summed E-state index contributed by atoms with van der Waals surface area (Å²) in [7, 11) is 0. The molecule has 1 fully saturated rings. The van der Waals surface area contributed by atoms with E-state index in [0.717, 1.165) is 55.6 Å². The van der Waals surface area contributed by atoms with E-state index < -0.39 is 0 Å². The van der Waals surface area contributed by atoms with Gasteiger partial charge in [-0.3, -0.25) is 9.80 Å². The number of nitrogens with zero attached hydrogens (tertiary/aromatic N) is 3. The van der Waals surface area contributed by atoms with Crippen LogP contribution in [0, 0.1) is 0 Å². The number of thiophene rings is 1. The van der Waals surface area contributed by atoms with Crippen molar-refractivity contribution in [3.63, 3.8) is 0 Å². The maximum Gasteiger partial charge on any atom is 0.236 e. The van der Waals surface area contributed by atoms with Crippen LogP contribution in [0.15, 0.2) is 28.2 Å². The van der Waals surface area contributed by atoms with Crippen molar-refractivity contribution in [2.45, 2.75) is 39.0 Å². The van der Waals surface area contributed by atoms with E-state index in [4.69, 9.17) is 4.42 Å². The molecule has 2 aromatic rings. The van der Waals surface area contributed by atoms with Gasteiger partial charge in [-0.05, 0) is 24.8 Å². The van der Waals surface area contributed by atoms with Crippen LogP contribution in [-0.2, 0) is 6.54 Å². The van der Waals surface area contributed by atoms with Gasteiger partial charge in [0.15, 0.2) is 0 Å². The first-order valence-electron chi connectivity index (χ1n) is 8.28. The number of aromatic nitrogens is 1. The summed E-state index contributed by atoms with van der Waals surface area (Å²) in [6.07, 6.45) is 2.61. The van der Waals surface area contributed by atoms with E-state index in [2.05, 4.69) is 21.7 Å². The number of aliphatic hydroxyl groups is 1. The van der Waals surface area contributed by atoms with Crippen LogP contribution in [0.5, 0.6) is 0 Å². The Kier molecular flexibility index (Phi) is 5.48. The van der Waals surface area contributed by atoms with Gasteiger partial charge in [-0.2, -0.15) is 0 Å². The minimum Gasteiger partial charge on any atom is -0.444 e. The average Bonchev–Trinajstić information content (AvgIpc) is 3.19. The number of aliphatic hydroxyl groups excluding tert-OH is 1. The molecule has 1 aliphatic rings. The molecule has 6 heteroatoms. The normalized spacial score (nSPS) is 21.6. The van der Waals surface area contributed by atoms with Crippen molar-refractivity contribution < 1.29 is 9.52 Å². The molecular formula is C17H25N3O2S. The molecule has 3 heterocycles. The molecule has 0 aromatic carbocycles. The summed E-state index contributed by atoms with van der Waals surface area (Å²) in [5.41, 5.74) is 0.993. The van der Waals surface area contributed by atoms with Crippen LogP contribution in [-0.4, -0.2) is 58.2 Å². The zero-order valence-corrected chi connectivity index (χ0v) is 14.6. The van der Waals surface area contributed by atoms with Gasteiger partial charge >= 0.3 is 0 Å². The zero-order chi connectivity index (χ0) is 16.2. The molecule has 0 saturated carbocycles. The average molecular weight is 335 g/mol. The van der Waals surface area contributed by atoms with Gasteiger partial charge in [-0.1, -0.05) is 13.0 Å². The third-order valence-electron chi connectivity index (χ3n) is 4.33. The van der Waals surface area contributed by atoms with Gasteiger partial charge in [0.05, 0.1) is 16.7 Å². The first-order chi connectivity index (χ1) is 11.2. The molecule has 1 saturated heterocycles. The first-order valence-corrected chi connectivity index (χ1v) is 9.16. The summed E-state index contributed by atoms with van der Waals surface area (Å²) in [5.74, 6) is 0.717. The lowest BCUT2D eigenvalue weighted by Crippen LogP contribution is -2.54. The summed E-state index contributed by atoms with van der Waals surface area (Å²) in [5, 5.41) is 11.7. The predicted molar refractivity (Wildman–Crippen MR) is 92.4 cm³/mol. The van der Waals surface area contributed by atoms with Gasteiger partial charge < -0.3 is 9.52 Å². The van der Waals surface area contributed by atoms with Crippen LogP contribution >= 0.6 is 11.3 Å². The smallest absolute Gasteiger partial charge is 0.236 e. The van der Waals surface area contributed by atoms with E-state index >= 15 is 0 Å². The Hall–Kier alpha value is -1.21. The third kappa shape index (κ3) is 4.20. The maximum atomic E-state index is 9.64. The summed E-state index contributed by atoms with van der Waals surface area (Å²) in [6, 6.07) is 4.54. The SMILES string of the molecule is CC[C@H]1CN(Cc2coc(-c3cccs3)n2)CCN1C[C@H](C)O. The summed E-state index contributed by atoms with van der Waals surface area (Å²) in [6.45, 7) is 8.69. The highest BCUT2D eigenvalue weighted by Crippen LogP contribution is 2.24. The minimum absolute atomic E-state index is 0.264. The molecule has 23 heavy (non-hydrogen) atoms. The third-order valence-corrected chi connectivity index (χ3v) is 5.19. The molecule has 2 atom stereocenters. The fraction of sp³-hybridized carbons (Fsp3) is 0.588. The second-order valence-corrected chi connectivity index (χ2v) is 7.21. The molecule has 0 aliphatic carbocycles. The van der Waals surface area contributed by atoms with Crippen LogP contribution in [0.3, 0.4) is 0 Å². The highest BCUT2D eigenvalue weighted by Gasteiger charge is 2.26. The van der Waals surface area contributed by atoms with Crippen molar-refractivity contribution in [2.24, 2.45) is 0 Å². The Bertz CT molecular complexity index is 597. The maximum absolute atomic E-state index is 9.64. The van der Waals surface area contributed by atoms with Gasteiger partial charge in [-0.15, -0.1) is 11.3 Å². The molecule has 3 rings (SSSR count). The van der Waals surface area contributed by atoms with Gasteiger partial charge in [0.1, 0.15) is 6.26 Å². The standard InChI is InChI=1S/C17H25N3O2S/c1-3-15-11-19(6-7-20(15)9-13(2)21)10-14-12-22-17(18-14)16-5-4-8-23-16/h4-5,8,12-13,15,21H,3,6-7,9-11H2,1-2H3/t13-,15-/m0/s1. The number of oxazole rings is 1. The van der Waals surface area contributed by atoms with Crippen molar-refractivity contribution >= 4 is 11.3 Å². The predicted octanol–water partition coefficient (Wildman–Crippen LogP) is 2.68. The lowest BCUT2D eigenvalue weighted by molar-refractivity contribution is 0.0333. The molecule has 0 spiro atoms. The van der Waals surface area contributed by atoms with Crippen LogP contribution in [0.4, 0.5) is 0 Å². The first kappa shape index (κ1) is 16.6. The Labute approximate surface area is 141 Å². The van der Waals surface area contributed by atoms with Gasteiger partial charge in [0.2, 0.25) is 5.89 Å². The number of β-amino-alcohol motifs (C(OH)–C–C–N with tert-alkyl or cyclic N) is 1. The van der Waals surface area contributed by atoms with Gasteiger partial charge in [0.25, 0.3) is 0 Å². The Balaban J connectivity index is 1.59. The molecule has 126 valence electrons. The largest absolute Gasteiger partial charge is 0.444 e. The summed E-state index contributed by atoms with van der Waals surface area (Å²) >= 11 is 1.65. The monoisotopic (exact) mass is 335 g/mol. The number of piperazine rings is 1. The molecule has 1 N–H and O–H groups in total. The number of rotatable bonds is 6. The van der Waals surface area contributed by atoms with E-state index in [1.807, 2.05) is 24.4 Å². The fourth-order valence-electron chi connectivity index (χ4n) is 3.19. The Morgan fingerprint density at radius 3 is 3.04 bits per heavy atom. The second-order valence-electron chi connectivity index (χ2n) is 6.26. The molecule has 0 bridgehead atoms. The molecule has 5 nitrogen and oxygen atoms in total. The van der Waals surface area contributed by atoms with Crippen molar-refractivity contribution in [1.29, 1.82) is 0 Å². The zero-order valence-electron chi connectivity index (χ0n) is 13.8.